The molecule has 0 bridgehead atoms. The predicted molar refractivity (Wildman–Crippen MR) is 77.4 cm³/mol. The third kappa shape index (κ3) is 3.27. The number of nitro groups is 1. The second-order valence-corrected chi connectivity index (χ2v) is 5.86. The molecule has 2 unspecified atom stereocenters. The average molecular weight is 273 g/mol. The molecule has 1 N–H and O–H groups in total. The zero-order valence-corrected chi connectivity index (χ0v) is 11.8. The van der Waals surface area contributed by atoms with Gasteiger partial charge in [0.05, 0.1) is 16.2 Å². The zero-order valence-electron chi connectivity index (χ0n) is 11.8. The molecule has 5 nitrogen and oxygen atoms in total. The largest absolute Gasteiger partial charge is 0.381 e. The van der Waals surface area contributed by atoms with Gasteiger partial charge in [-0.15, -0.1) is 0 Å². The van der Waals surface area contributed by atoms with Crippen LogP contribution in [-0.2, 0) is 0 Å². The van der Waals surface area contributed by atoms with Gasteiger partial charge in [0, 0.05) is 18.2 Å². The van der Waals surface area contributed by atoms with Crippen LogP contribution in [0.5, 0.6) is 0 Å². The van der Waals surface area contributed by atoms with Crippen molar-refractivity contribution in [1.29, 1.82) is 5.26 Å². The Morgan fingerprint density at radius 3 is 2.50 bits per heavy atom. The van der Waals surface area contributed by atoms with Gasteiger partial charge in [0.15, 0.2) is 0 Å². The Balaban J connectivity index is 2.17. The maximum atomic E-state index is 10.7. The molecule has 0 amide bonds. The van der Waals surface area contributed by atoms with E-state index in [4.69, 9.17) is 5.26 Å². The molecule has 0 heterocycles. The van der Waals surface area contributed by atoms with Crippen LogP contribution >= 0.6 is 0 Å². The number of hydrogen-bond acceptors (Lipinski definition) is 4. The second-order valence-electron chi connectivity index (χ2n) is 5.86. The van der Waals surface area contributed by atoms with Gasteiger partial charge in [0.25, 0.3) is 5.69 Å². The lowest BCUT2D eigenvalue weighted by Crippen LogP contribution is -2.30. The van der Waals surface area contributed by atoms with Gasteiger partial charge in [-0.05, 0) is 37.2 Å². The number of benzene rings is 1. The van der Waals surface area contributed by atoms with Crippen LogP contribution in [0.25, 0.3) is 0 Å². The highest BCUT2D eigenvalue weighted by Gasteiger charge is 2.24. The Bertz CT molecular complexity index is 541. The van der Waals surface area contributed by atoms with Crippen molar-refractivity contribution in [3.05, 3.63) is 33.9 Å². The minimum atomic E-state index is -0.477. The number of nitriles is 1. The molecule has 106 valence electrons. The van der Waals surface area contributed by atoms with Crippen LogP contribution in [0, 0.1) is 33.3 Å². The molecule has 2 atom stereocenters. The fourth-order valence-corrected chi connectivity index (χ4v) is 3.15. The topological polar surface area (TPSA) is 79.0 Å². The van der Waals surface area contributed by atoms with Gasteiger partial charge in [0.1, 0.15) is 6.07 Å². The van der Waals surface area contributed by atoms with Gasteiger partial charge < -0.3 is 5.32 Å². The van der Waals surface area contributed by atoms with Crippen LogP contribution in [0.1, 0.15) is 38.7 Å². The number of hydrogen-bond donors (Lipinski definition) is 1. The number of nitrogens with one attached hydrogen (secondary N) is 1. The smallest absolute Gasteiger partial charge is 0.270 e. The molecular formula is C15H19N3O2. The molecule has 1 aromatic rings. The fraction of sp³-hybridized carbons (Fsp3) is 0.533. The van der Waals surface area contributed by atoms with E-state index in [1.807, 2.05) is 6.07 Å². The Hall–Kier alpha value is -2.09. The van der Waals surface area contributed by atoms with E-state index in [1.165, 1.54) is 18.6 Å². The van der Waals surface area contributed by atoms with E-state index in [-0.39, 0.29) is 5.69 Å². The summed E-state index contributed by atoms with van der Waals surface area (Å²) >= 11 is 0. The maximum Gasteiger partial charge on any atom is 0.270 e. The molecular weight excluding hydrogens is 254 g/mol. The maximum absolute atomic E-state index is 10.7. The van der Waals surface area contributed by atoms with E-state index in [2.05, 4.69) is 19.2 Å². The van der Waals surface area contributed by atoms with Gasteiger partial charge in [-0.3, -0.25) is 10.1 Å². The zero-order chi connectivity index (χ0) is 14.7. The molecule has 0 saturated heterocycles. The average Bonchev–Trinajstić information content (AvgIpc) is 2.37. The van der Waals surface area contributed by atoms with Crippen molar-refractivity contribution in [2.75, 3.05) is 5.32 Å². The lowest BCUT2D eigenvalue weighted by atomic mass is 9.80. The third-order valence-corrected chi connectivity index (χ3v) is 3.87. The summed E-state index contributed by atoms with van der Waals surface area (Å²) in [5.41, 5.74) is 0.993. The summed E-state index contributed by atoms with van der Waals surface area (Å²) in [5, 5.41) is 23.3. The number of nitrogens with zero attached hydrogens (tertiary/aromatic N) is 2. The van der Waals surface area contributed by atoms with Crippen molar-refractivity contribution in [2.45, 2.75) is 39.2 Å². The number of nitro benzene ring substituents is 1. The van der Waals surface area contributed by atoms with Crippen LogP contribution in [-0.4, -0.2) is 11.0 Å². The SMILES string of the molecule is CC1CC(C)CC(Nc2ccc([N+](=O)[O-])cc2C#N)C1. The van der Waals surface area contributed by atoms with E-state index < -0.39 is 4.92 Å². The molecule has 1 aliphatic rings. The summed E-state index contributed by atoms with van der Waals surface area (Å²) in [4.78, 5) is 10.3. The van der Waals surface area contributed by atoms with E-state index in [0.29, 0.717) is 29.1 Å². The van der Waals surface area contributed by atoms with Crippen LogP contribution in [0.2, 0.25) is 0 Å². The molecule has 0 radical (unpaired) electrons. The van der Waals surface area contributed by atoms with E-state index in [0.717, 1.165) is 12.8 Å². The Morgan fingerprint density at radius 2 is 1.95 bits per heavy atom. The highest BCUT2D eigenvalue weighted by molar-refractivity contribution is 5.61. The fourth-order valence-electron chi connectivity index (χ4n) is 3.15. The molecule has 1 fully saturated rings. The van der Waals surface area contributed by atoms with E-state index in [9.17, 15) is 10.1 Å². The van der Waals surface area contributed by atoms with Gasteiger partial charge in [-0.1, -0.05) is 13.8 Å². The Morgan fingerprint density at radius 1 is 1.30 bits per heavy atom. The number of non-ortho nitro benzene ring substituents is 1. The minimum Gasteiger partial charge on any atom is -0.381 e. The minimum absolute atomic E-state index is 0.0440. The van der Waals surface area contributed by atoms with Crippen molar-refractivity contribution in [3.8, 4) is 6.07 Å². The lowest BCUT2D eigenvalue weighted by Gasteiger charge is -2.32. The lowest BCUT2D eigenvalue weighted by molar-refractivity contribution is -0.384. The van der Waals surface area contributed by atoms with Crippen molar-refractivity contribution in [3.63, 3.8) is 0 Å². The van der Waals surface area contributed by atoms with Gasteiger partial charge in [-0.25, -0.2) is 0 Å². The Labute approximate surface area is 118 Å². The molecule has 1 aromatic carbocycles. The third-order valence-electron chi connectivity index (χ3n) is 3.87. The monoisotopic (exact) mass is 273 g/mol. The predicted octanol–water partition coefficient (Wildman–Crippen LogP) is 3.70. The highest BCUT2D eigenvalue weighted by atomic mass is 16.6. The quantitative estimate of drug-likeness (QED) is 0.672. The molecule has 20 heavy (non-hydrogen) atoms. The van der Waals surface area contributed by atoms with Gasteiger partial charge in [0.2, 0.25) is 0 Å². The van der Waals surface area contributed by atoms with Crippen LogP contribution < -0.4 is 5.32 Å². The summed E-state index contributed by atoms with van der Waals surface area (Å²) in [6.07, 6.45) is 3.39. The van der Waals surface area contributed by atoms with Crippen molar-refractivity contribution >= 4 is 11.4 Å². The summed E-state index contributed by atoms with van der Waals surface area (Å²) in [7, 11) is 0. The molecule has 2 rings (SSSR count). The van der Waals surface area contributed by atoms with Crippen LogP contribution in [0.4, 0.5) is 11.4 Å². The second kappa shape index (κ2) is 5.91. The first-order valence-corrected chi connectivity index (χ1v) is 6.94. The van der Waals surface area contributed by atoms with E-state index in [1.54, 1.807) is 6.07 Å². The summed E-state index contributed by atoms with van der Waals surface area (Å²) in [5.74, 6) is 1.33. The molecule has 1 aliphatic carbocycles. The molecule has 5 heteroatoms. The molecule has 0 aliphatic heterocycles. The Kier molecular flexibility index (Phi) is 4.23. The van der Waals surface area contributed by atoms with Crippen LogP contribution in [0.15, 0.2) is 18.2 Å². The summed E-state index contributed by atoms with van der Waals surface area (Å²) in [6, 6.07) is 6.79. The molecule has 0 spiro atoms. The van der Waals surface area contributed by atoms with Crippen LogP contribution in [0.3, 0.4) is 0 Å². The molecule has 1 saturated carbocycles. The van der Waals surface area contributed by atoms with Crippen molar-refractivity contribution in [2.24, 2.45) is 11.8 Å². The number of anilines is 1. The highest BCUT2D eigenvalue weighted by Crippen LogP contribution is 2.31. The first-order valence-electron chi connectivity index (χ1n) is 6.94. The van der Waals surface area contributed by atoms with E-state index >= 15 is 0 Å². The van der Waals surface area contributed by atoms with Gasteiger partial charge >= 0.3 is 0 Å². The van der Waals surface area contributed by atoms with Crippen molar-refractivity contribution < 1.29 is 4.92 Å². The normalized spacial score (nSPS) is 25.8. The molecule has 0 aromatic heterocycles. The first kappa shape index (κ1) is 14.3. The van der Waals surface area contributed by atoms with Crippen molar-refractivity contribution in [1.82, 2.24) is 0 Å². The summed E-state index contributed by atoms with van der Waals surface area (Å²) in [6.45, 7) is 4.48. The number of rotatable bonds is 3. The first-order chi connectivity index (χ1) is 9.49. The summed E-state index contributed by atoms with van der Waals surface area (Å²) < 4.78 is 0. The van der Waals surface area contributed by atoms with Gasteiger partial charge in [-0.2, -0.15) is 5.26 Å². The standard InChI is InChI=1S/C15H19N3O2/c1-10-5-11(2)7-13(6-10)17-15-4-3-14(18(19)20)8-12(15)9-16/h3-4,8,10-11,13,17H,5-7H2,1-2H3.